The molecule has 0 aromatic rings. The fourth-order valence-electron chi connectivity index (χ4n) is 2.70. The first-order valence-electron chi connectivity index (χ1n) is 5.02. The zero-order chi connectivity index (χ0) is 7.73. The topological polar surface area (TPSA) is 0 Å². The van der Waals surface area contributed by atoms with Crippen LogP contribution in [-0.2, 0) is 0 Å². The van der Waals surface area contributed by atoms with Gasteiger partial charge in [0.15, 0.2) is 0 Å². The molecule has 0 N–H and O–H groups in total. The van der Waals surface area contributed by atoms with Gasteiger partial charge < -0.3 is 0 Å². The molecule has 0 heterocycles. The SMILES string of the molecule is C[AsH]C1CCC2(CCC2)CC1. The summed E-state index contributed by atoms with van der Waals surface area (Å²) in [6.45, 7) is 0. The van der Waals surface area contributed by atoms with E-state index in [0.717, 1.165) is 5.41 Å². The molecule has 11 heavy (non-hydrogen) atoms. The molecular weight excluding hydrogens is 195 g/mol. The molecule has 2 aliphatic carbocycles. The molecule has 1 spiro atoms. The van der Waals surface area contributed by atoms with Crippen molar-refractivity contribution in [2.24, 2.45) is 5.41 Å². The van der Waals surface area contributed by atoms with Gasteiger partial charge in [-0.15, -0.1) is 0 Å². The quantitative estimate of drug-likeness (QED) is 0.588. The van der Waals surface area contributed by atoms with Crippen molar-refractivity contribution < 1.29 is 0 Å². The third kappa shape index (κ3) is 1.52. The Labute approximate surface area is 76.8 Å². The Hall–Kier alpha value is 0.558. The van der Waals surface area contributed by atoms with Gasteiger partial charge in [0.25, 0.3) is 0 Å². The summed E-state index contributed by atoms with van der Waals surface area (Å²) in [6, 6.07) is 0. The summed E-state index contributed by atoms with van der Waals surface area (Å²) < 4.78 is 1.21. The third-order valence-corrected chi connectivity index (χ3v) is 6.79. The minimum atomic E-state index is 0.445. The first-order chi connectivity index (χ1) is 5.35. The van der Waals surface area contributed by atoms with Crippen molar-refractivity contribution in [1.82, 2.24) is 0 Å². The normalized spacial score (nSPS) is 31.4. The second-order valence-corrected chi connectivity index (χ2v) is 7.34. The van der Waals surface area contributed by atoms with Gasteiger partial charge in [-0.05, 0) is 0 Å². The van der Waals surface area contributed by atoms with Gasteiger partial charge >= 0.3 is 76.5 Å². The molecule has 64 valence electrons. The summed E-state index contributed by atoms with van der Waals surface area (Å²) in [5.41, 5.74) is 3.38. The van der Waals surface area contributed by atoms with E-state index in [4.69, 9.17) is 0 Å². The van der Waals surface area contributed by atoms with Crippen LogP contribution in [0.1, 0.15) is 44.9 Å². The fraction of sp³-hybridized carbons (Fsp3) is 1.00. The summed E-state index contributed by atoms with van der Waals surface area (Å²) in [5, 5.41) is 0. The molecule has 2 saturated carbocycles. The Bertz CT molecular complexity index is 128. The predicted molar refractivity (Wildman–Crippen MR) is 51.5 cm³/mol. The van der Waals surface area contributed by atoms with Crippen LogP contribution in [0.3, 0.4) is 0 Å². The first kappa shape index (κ1) is 8.17. The van der Waals surface area contributed by atoms with E-state index in [2.05, 4.69) is 5.71 Å². The van der Waals surface area contributed by atoms with Crippen LogP contribution in [-0.4, -0.2) is 15.8 Å². The molecule has 1 heteroatoms. The Kier molecular flexibility index (Phi) is 2.32. The fourth-order valence-corrected chi connectivity index (χ4v) is 4.51. The van der Waals surface area contributed by atoms with E-state index < -0.39 is 0 Å². The van der Waals surface area contributed by atoms with Gasteiger partial charge in [-0.25, -0.2) is 0 Å². The number of hydrogen-bond donors (Lipinski definition) is 0. The van der Waals surface area contributed by atoms with Gasteiger partial charge in [-0.2, -0.15) is 0 Å². The monoisotopic (exact) mass is 214 g/mol. The van der Waals surface area contributed by atoms with E-state index in [1.165, 1.54) is 11.1 Å². The second kappa shape index (κ2) is 3.13. The predicted octanol–water partition coefficient (Wildman–Crippen LogP) is 3.00. The molecule has 2 aliphatic rings. The molecule has 2 fully saturated rings. The summed E-state index contributed by atoms with van der Waals surface area (Å²) in [4.78, 5) is 0. The van der Waals surface area contributed by atoms with E-state index in [0.29, 0.717) is 15.8 Å². The first-order valence-corrected chi connectivity index (χ1v) is 8.33. The third-order valence-electron chi connectivity index (χ3n) is 3.87. The average molecular weight is 214 g/mol. The van der Waals surface area contributed by atoms with Gasteiger partial charge in [0, 0.05) is 0 Å². The molecule has 0 nitrogen and oxygen atoms in total. The average Bonchev–Trinajstić information content (AvgIpc) is 2.02. The van der Waals surface area contributed by atoms with Crippen molar-refractivity contribution in [3.05, 3.63) is 0 Å². The minimum absolute atomic E-state index is 0.445. The summed E-state index contributed by atoms with van der Waals surface area (Å²) in [7, 11) is 0. The van der Waals surface area contributed by atoms with E-state index >= 15 is 0 Å². The molecule has 2 rings (SSSR count). The molecule has 0 aromatic carbocycles. The van der Waals surface area contributed by atoms with Gasteiger partial charge in [0.05, 0.1) is 0 Å². The number of hydrogen-bond acceptors (Lipinski definition) is 0. The summed E-state index contributed by atoms with van der Waals surface area (Å²) in [5.74, 6) is 0. The standard InChI is InChI=1S/C10H19As/c1-11-9-3-7-10(8-4-9)5-2-6-10/h9,11H,2-8H2,1H3. The van der Waals surface area contributed by atoms with Crippen LogP contribution in [0.25, 0.3) is 0 Å². The second-order valence-electron chi connectivity index (χ2n) is 4.42. The molecule has 0 aromatic heterocycles. The van der Waals surface area contributed by atoms with Crippen molar-refractivity contribution in [1.29, 1.82) is 0 Å². The summed E-state index contributed by atoms with van der Waals surface area (Å²) >= 11 is 0.445. The van der Waals surface area contributed by atoms with Crippen molar-refractivity contribution in [3.63, 3.8) is 0 Å². The van der Waals surface area contributed by atoms with E-state index in [9.17, 15) is 0 Å². The van der Waals surface area contributed by atoms with Crippen LogP contribution in [0.2, 0.25) is 10.4 Å². The molecule has 0 amide bonds. The van der Waals surface area contributed by atoms with Gasteiger partial charge in [0.2, 0.25) is 0 Å². The maximum absolute atomic E-state index is 2.48. The van der Waals surface area contributed by atoms with Crippen LogP contribution in [0.4, 0.5) is 0 Å². The van der Waals surface area contributed by atoms with Gasteiger partial charge in [0.1, 0.15) is 0 Å². The van der Waals surface area contributed by atoms with E-state index in [1.807, 2.05) is 0 Å². The Morgan fingerprint density at radius 2 is 1.73 bits per heavy atom. The van der Waals surface area contributed by atoms with Crippen LogP contribution in [0.5, 0.6) is 0 Å². The van der Waals surface area contributed by atoms with Crippen molar-refractivity contribution in [2.75, 3.05) is 0 Å². The molecule has 1 atom stereocenters. The Morgan fingerprint density at radius 3 is 2.09 bits per heavy atom. The number of rotatable bonds is 1. The van der Waals surface area contributed by atoms with E-state index in [-0.39, 0.29) is 0 Å². The zero-order valence-electron chi connectivity index (χ0n) is 7.53. The molecule has 0 radical (unpaired) electrons. The van der Waals surface area contributed by atoms with Crippen LogP contribution in [0.15, 0.2) is 0 Å². The van der Waals surface area contributed by atoms with E-state index in [1.54, 1.807) is 38.5 Å². The molecular formula is C10H19As. The van der Waals surface area contributed by atoms with Crippen LogP contribution in [0, 0.1) is 5.41 Å². The van der Waals surface area contributed by atoms with Crippen molar-refractivity contribution >= 4 is 15.8 Å². The van der Waals surface area contributed by atoms with Crippen LogP contribution < -0.4 is 0 Å². The molecule has 0 saturated heterocycles. The van der Waals surface area contributed by atoms with Gasteiger partial charge in [-0.1, -0.05) is 0 Å². The Balaban J connectivity index is 1.84. The maximum atomic E-state index is 2.48. The molecule has 0 aliphatic heterocycles. The van der Waals surface area contributed by atoms with Gasteiger partial charge in [-0.3, -0.25) is 0 Å². The van der Waals surface area contributed by atoms with Crippen molar-refractivity contribution in [3.8, 4) is 0 Å². The van der Waals surface area contributed by atoms with Crippen molar-refractivity contribution in [2.45, 2.75) is 55.4 Å². The Morgan fingerprint density at radius 1 is 1.09 bits per heavy atom. The molecule has 1 unspecified atom stereocenters. The van der Waals surface area contributed by atoms with Crippen LogP contribution >= 0.6 is 0 Å². The molecule has 0 bridgehead atoms. The summed E-state index contributed by atoms with van der Waals surface area (Å²) in [6.07, 6.45) is 11.1. The zero-order valence-corrected chi connectivity index (χ0v) is 9.63.